The summed E-state index contributed by atoms with van der Waals surface area (Å²) in [5.41, 5.74) is 5.71. The van der Waals surface area contributed by atoms with Crippen LogP contribution in [0.3, 0.4) is 0 Å². The smallest absolute Gasteiger partial charge is 0.158 e. The van der Waals surface area contributed by atoms with E-state index in [1.54, 1.807) is 13.2 Å². The van der Waals surface area contributed by atoms with Gasteiger partial charge in [0, 0.05) is 26.3 Å². The van der Waals surface area contributed by atoms with Gasteiger partial charge in [0.15, 0.2) is 5.82 Å². The average Bonchev–Trinajstić information content (AvgIpc) is 2.30. The lowest BCUT2D eigenvalue weighted by Gasteiger charge is -2.21. The molecular formula is C11H17N5O. The molecule has 1 aromatic heterocycles. The molecule has 1 heterocycles. The summed E-state index contributed by atoms with van der Waals surface area (Å²) in [7, 11) is 1.58. The fraction of sp³-hybridized carbons (Fsp3) is 0.545. The lowest BCUT2D eigenvalue weighted by Crippen LogP contribution is -2.25. The summed E-state index contributed by atoms with van der Waals surface area (Å²) in [4.78, 5) is 10.4. The summed E-state index contributed by atoms with van der Waals surface area (Å²) in [5.74, 6) is 1.71. The minimum Gasteiger partial charge on any atom is -0.384 e. The Hall–Kier alpha value is -1.87. The Morgan fingerprint density at radius 2 is 2.29 bits per heavy atom. The Morgan fingerprint density at radius 1 is 1.53 bits per heavy atom. The largest absolute Gasteiger partial charge is 0.384 e. The number of rotatable bonds is 6. The summed E-state index contributed by atoms with van der Waals surface area (Å²) in [5, 5.41) is 8.60. The predicted molar refractivity (Wildman–Crippen MR) is 65.3 cm³/mol. The third-order valence-electron chi connectivity index (χ3n) is 2.25. The van der Waals surface area contributed by atoms with Gasteiger partial charge in [0.25, 0.3) is 0 Å². The number of nitriles is 1. The van der Waals surface area contributed by atoms with Gasteiger partial charge in [-0.3, -0.25) is 0 Å². The van der Waals surface area contributed by atoms with Crippen molar-refractivity contribution in [1.82, 2.24) is 9.97 Å². The number of hydrogen-bond acceptors (Lipinski definition) is 6. The molecule has 1 rings (SSSR count). The second-order valence-corrected chi connectivity index (χ2v) is 3.49. The van der Waals surface area contributed by atoms with Crippen molar-refractivity contribution in [2.75, 3.05) is 30.8 Å². The number of ether oxygens (including phenoxy) is 1. The molecular weight excluding hydrogens is 218 g/mol. The van der Waals surface area contributed by atoms with Gasteiger partial charge in [-0.2, -0.15) is 5.26 Å². The van der Waals surface area contributed by atoms with Gasteiger partial charge in [0.2, 0.25) is 0 Å². The minimum atomic E-state index is 0.327. The van der Waals surface area contributed by atoms with Crippen LogP contribution in [0.2, 0.25) is 0 Å². The van der Waals surface area contributed by atoms with Crippen LogP contribution in [0.1, 0.15) is 19.2 Å². The maximum atomic E-state index is 8.60. The Balaban J connectivity index is 2.90. The predicted octanol–water partition coefficient (Wildman–Crippen LogP) is 0.945. The molecule has 0 unspecified atom stereocenters. The Kier molecular flexibility index (Phi) is 5.17. The van der Waals surface area contributed by atoms with Gasteiger partial charge >= 0.3 is 0 Å². The maximum absolute atomic E-state index is 8.60. The zero-order chi connectivity index (χ0) is 12.7. The molecule has 0 aromatic carbocycles. The highest BCUT2D eigenvalue weighted by molar-refractivity contribution is 5.46. The van der Waals surface area contributed by atoms with Crippen molar-refractivity contribution in [2.45, 2.75) is 20.0 Å². The zero-order valence-electron chi connectivity index (χ0n) is 10.2. The van der Waals surface area contributed by atoms with E-state index < -0.39 is 0 Å². The molecule has 17 heavy (non-hydrogen) atoms. The van der Waals surface area contributed by atoms with Gasteiger partial charge in [-0.15, -0.1) is 0 Å². The molecule has 0 saturated heterocycles. The number of hydrogen-bond donors (Lipinski definition) is 1. The quantitative estimate of drug-likeness (QED) is 0.789. The third kappa shape index (κ3) is 3.89. The Labute approximate surface area is 101 Å². The fourth-order valence-electron chi connectivity index (χ4n) is 1.48. The number of anilines is 2. The maximum Gasteiger partial charge on any atom is 0.158 e. The lowest BCUT2D eigenvalue weighted by molar-refractivity contribution is 0.178. The van der Waals surface area contributed by atoms with Crippen molar-refractivity contribution < 1.29 is 4.74 Å². The molecule has 0 bridgehead atoms. The van der Waals surface area contributed by atoms with Crippen LogP contribution in [-0.2, 0) is 11.3 Å². The number of methoxy groups -OCH3 is 1. The van der Waals surface area contributed by atoms with Crippen molar-refractivity contribution in [1.29, 1.82) is 5.26 Å². The van der Waals surface area contributed by atoms with E-state index in [-0.39, 0.29) is 0 Å². The molecule has 0 amide bonds. The summed E-state index contributed by atoms with van der Waals surface area (Å²) >= 11 is 0. The number of aromatic nitrogens is 2. The van der Waals surface area contributed by atoms with E-state index in [0.29, 0.717) is 31.2 Å². The topological polar surface area (TPSA) is 88.1 Å². The SMILES string of the molecule is CCN(CCC#N)c1cc(N)nc(COC)n1. The molecule has 0 spiro atoms. The van der Waals surface area contributed by atoms with Crippen LogP contribution in [0.25, 0.3) is 0 Å². The molecule has 1 aromatic rings. The van der Waals surface area contributed by atoms with E-state index in [1.165, 1.54) is 0 Å². The summed E-state index contributed by atoms with van der Waals surface area (Å²) < 4.78 is 4.98. The molecule has 0 aliphatic carbocycles. The van der Waals surface area contributed by atoms with Crippen molar-refractivity contribution >= 4 is 11.6 Å². The molecule has 6 heteroatoms. The second-order valence-electron chi connectivity index (χ2n) is 3.49. The van der Waals surface area contributed by atoms with Crippen molar-refractivity contribution in [3.05, 3.63) is 11.9 Å². The van der Waals surface area contributed by atoms with Crippen LogP contribution in [0, 0.1) is 11.3 Å². The van der Waals surface area contributed by atoms with E-state index in [1.807, 2.05) is 11.8 Å². The van der Waals surface area contributed by atoms with Crippen LogP contribution in [0.15, 0.2) is 6.07 Å². The highest BCUT2D eigenvalue weighted by atomic mass is 16.5. The van der Waals surface area contributed by atoms with Crippen molar-refractivity contribution in [3.63, 3.8) is 0 Å². The summed E-state index contributed by atoms with van der Waals surface area (Å²) in [6.07, 6.45) is 0.456. The van der Waals surface area contributed by atoms with Gasteiger partial charge in [-0.05, 0) is 6.92 Å². The zero-order valence-corrected chi connectivity index (χ0v) is 10.2. The first-order valence-corrected chi connectivity index (χ1v) is 5.45. The molecule has 0 fully saturated rings. The summed E-state index contributed by atoms with van der Waals surface area (Å²) in [6.45, 7) is 3.74. The van der Waals surface area contributed by atoms with Crippen LogP contribution < -0.4 is 10.6 Å². The van der Waals surface area contributed by atoms with Gasteiger partial charge in [0.1, 0.15) is 18.2 Å². The normalized spacial score (nSPS) is 9.94. The van der Waals surface area contributed by atoms with E-state index in [2.05, 4.69) is 16.0 Å². The Morgan fingerprint density at radius 3 is 2.88 bits per heavy atom. The number of nitrogen functional groups attached to an aromatic ring is 1. The standard InChI is InChI=1S/C11H17N5O/c1-3-16(6-4-5-12)11-7-9(13)14-10(15-11)8-17-2/h7H,3-4,6,8H2,1-2H3,(H2,13,14,15). The highest BCUT2D eigenvalue weighted by Gasteiger charge is 2.09. The van der Waals surface area contributed by atoms with E-state index in [9.17, 15) is 0 Å². The van der Waals surface area contributed by atoms with E-state index in [0.717, 1.165) is 12.4 Å². The van der Waals surface area contributed by atoms with Gasteiger partial charge in [0.05, 0.1) is 12.5 Å². The average molecular weight is 235 g/mol. The number of nitrogens with zero attached hydrogens (tertiary/aromatic N) is 4. The monoisotopic (exact) mass is 235 g/mol. The third-order valence-corrected chi connectivity index (χ3v) is 2.25. The van der Waals surface area contributed by atoms with E-state index >= 15 is 0 Å². The van der Waals surface area contributed by atoms with Crippen LogP contribution in [-0.4, -0.2) is 30.2 Å². The van der Waals surface area contributed by atoms with Gasteiger partial charge < -0.3 is 15.4 Å². The first-order chi connectivity index (χ1) is 8.21. The van der Waals surface area contributed by atoms with Gasteiger partial charge in [-0.1, -0.05) is 0 Å². The molecule has 0 aliphatic heterocycles. The highest BCUT2D eigenvalue weighted by Crippen LogP contribution is 2.14. The van der Waals surface area contributed by atoms with E-state index in [4.69, 9.17) is 15.7 Å². The lowest BCUT2D eigenvalue weighted by atomic mass is 10.3. The molecule has 0 radical (unpaired) electrons. The second kappa shape index (κ2) is 6.66. The van der Waals surface area contributed by atoms with Crippen LogP contribution in [0.5, 0.6) is 0 Å². The van der Waals surface area contributed by atoms with Crippen molar-refractivity contribution in [2.24, 2.45) is 0 Å². The first-order valence-electron chi connectivity index (χ1n) is 5.45. The minimum absolute atomic E-state index is 0.327. The van der Waals surface area contributed by atoms with Crippen LogP contribution >= 0.6 is 0 Å². The molecule has 92 valence electrons. The fourth-order valence-corrected chi connectivity index (χ4v) is 1.48. The van der Waals surface area contributed by atoms with Gasteiger partial charge in [-0.25, -0.2) is 9.97 Å². The molecule has 6 nitrogen and oxygen atoms in total. The first kappa shape index (κ1) is 13.2. The van der Waals surface area contributed by atoms with Crippen LogP contribution in [0.4, 0.5) is 11.6 Å². The number of nitrogens with two attached hydrogens (primary N) is 1. The van der Waals surface area contributed by atoms with Crippen molar-refractivity contribution in [3.8, 4) is 6.07 Å². The Bertz CT molecular complexity index is 401. The summed E-state index contributed by atoms with van der Waals surface area (Å²) in [6, 6.07) is 3.82. The molecule has 0 saturated carbocycles. The molecule has 2 N–H and O–H groups in total. The molecule has 0 atom stereocenters. The molecule has 0 aliphatic rings.